The molecule has 3 rings (SSSR count). The molecule has 2 heterocycles. The molecule has 0 aliphatic carbocycles. The molecule has 1 heteroatoms. The first kappa shape index (κ1) is 6.96. The zero-order chi connectivity index (χ0) is 9.00. The molecule has 1 nitrogen and oxygen atoms in total. The van der Waals surface area contributed by atoms with Crippen LogP contribution in [-0.2, 0) is 0 Å². The van der Waals surface area contributed by atoms with Gasteiger partial charge in [-0.05, 0) is 37.1 Å². The molecule has 0 atom stereocenters. The maximum atomic E-state index is 5.63. The number of benzene rings is 2. The van der Waals surface area contributed by atoms with E-state index in [-0.39, 0.29) is 0 Å². The molecule has 0 aliphatic heterocycles. The van der Waals surface area contributed by atoms with Gasteiger partial charge in [0, 0.05) is 10.8 Å². The van der Waals surface area contributed by atoms with E-state index in [9.17, 15) is 0 Å². The highest BCUT2D eigenvalue weighted by Gasteiger charge is 2.12. The number of fused-ring (bicyclic) bond motifs is 5. The lowest BCUT2D eigenvalue weighted by Gasteiger charge is -1.99. The van der Waals surface area contributed by atoms with Gasteiger partial charge in [0.25, 0.3) is 0 Å². The zero-order valence-electron chi connectivity index (χ0n) is 7.72. The highest BCUT2D eigenvalue weighted by Crippen LogP contribution is 2.35. The van der Waals surface area contributed by atoms with Crippen LogP contribution in [0, 0.1) is 13.8 Å². The normalized spacial score (nSPS) is 11.8. The van der Waals surface area contributed by atoms with Crippen LogP contribution in [0.3, 0.4) is 0 Å². The van der Waals surface area contributed by atoms with Crippen molar-refractivity contribution in [2.24, 2.45) is 0 Å². The van der Waals surface area contributed by atoms with Crippen molar-refractivity contribution in [3.05, 3.63) is 35.4 Å². The average molecular weight is 170 g/mol. The Morgan fingerprint density at radius 1 is 0.769 bits per heavy atom. The van der Waals surface area contributed by atoms with Crippen LogP contribution in [0.1, 0.15) is 11.1 Å². The Bertz CT molecular complexity index is 524. The van der Waals surface area contributed by atoms with E-state index in [0.29, 0.717) is 0 Å². The summed E-state index contributed by atoms with van der Waals surface area (Å²) in [5.74, 6) is 0. The Balaban J connectivity index is 2.72. The van der Waals surface area contributed by atoms with Gasteiger partial charge in [0.15, 0.2) is 0 Å². The van der Waals surface area contributed by atoms with Crippen molar-refractivity contribution < 1.29 is 4.42 Å². The second-order valence-electron chi connectivity index (χ2n) is 3.61. The van der Waals surface area contributed by atoms with Crippen LogP contribution in [0.2, 0.25) is 0 Å². The minimum absolute atomic E-state index is 1.02. The van der Waals surface area contributed by atoms with Gasteiger partial charge >= 0.3 is 0 Å². The van der Waals surface area contributed by atoms with Crippen LogP contribution in [-0.4, -0.2) is 0 Å². The van der Waals surface area contributed by atoms with Gasteiger partial charge in [-0.15, -0.1) is 0 Å². The highest BCUT2D eigenvalue weighted by molar-refractivity contribution is 6.10. The lowest BCUT2D eigenvalue weighted by atomic mass is 10.0. The van der Waals surface area contributed by atoms with E-state index in [1.54, 1.807) is 0 Å². The minimum atomic E-state index is 1.02. The second kappa shape index (κ2) is 2.05. The molecule has 3 aromatic rings. The first-order valence-corrected chi connectivity index (χ1v) is 4.48. The second-order valence-corrected chi connectivity index (χ2v) is 3.61. The van der Waals surface area contributed by atoms with Crippen molar-refractivity contribution in [2.75, 3.05) is 0 Å². The number of aryl methyl sites for hydroxylation is 2. The first-order chi connectivity index (χ1) is 6.27. The van der Waals surface area contributed by atoms with Crippen molar-refractivity contribution in [1.29, 1.82) is 0 Å². The Labute approximate surface area is 76.3 Å². The van der Waals surface area contributed by atoms with Gasteiger partial charge in [0.2, 0.25) is 0 Å². The van der Waals surface area contributed by atoms with E-state index in [1.807, 2.05) is 12.1 Å². The van der Waals surface area contributed by atoms with Crippen LogP contribution < -0.4 is 0 Å². The third-order valence-electron chi connectivity index (χ3n) is 2.72. The topological polar surface area (TPSA) is 13.1 Å². The number of hydrogen-bond donors (Lipinski definition) is 0. The molecular weight excluding hydrogens is 160 g/mol. The highest BCUT2D eigenvalue weighted by atomic mass is 16.3. The number of furan rings is 2. The fraction of sp³-hybridized carbons (Fsp3) is 0.167. The third kappa shape index (κ3) is 0.718. The summed E-state index contributed by atoms with van der Waals surface area (Å²) in [4.78, 5) is 0. The molecule has 2 aromatic heterocycles. The summed E-state index contributed by atoms with van der Waals surface area (Å²) in [5.41, 5.74) is 4.64. The molecule has 0 radical (unpaired) electrons. The quantitative estimate of drug-likeness (QED) is 0.502. The van der Waals surface area contributed by atoms with E-state index in [1.165, 1.54) is 21.9 Å². The maximum absolute atomic E-state index is 5.63. The summed E-state index contributed by atoms with van der Waals surface area (Å²) < 4.78 is 5.63. The van der Waals surface area contributed by atoms with E-state index in [2.05, 4.69) is 26.0 Å². The first-order valence-electron chi connectivity index (χ1n) is 4.48. The summed E-state index contributed by atoms with van der Waals surface area (Å²) in [6.45, 7) is 4.26. The standard InChI is InChI=1S/C12H10O/c1-7-3-4-8(2)12-10-6-5-9(13-10)11(7)12/h3-6H,1-2H3. The predicted octanol–water partition coefficient (Wildman–Crippen LogP) is 3.64. The number of hydrogen-bond acceptors (Lipinski definition) is 1. The average Bonchev–Trinajstić information content (AvgIpc) is 2.70. The van der Waals surface area contributed by atoms with Crippen molar-refractivity contribution in [2.45, 2.75) is 13.8 Å². The lowest BCUT2D eigenvalue weighted by molar-refractivity contribution is 0.678. The lowest BCUT2D eigenvalue weighted by Crippen LogP contribution is -1.79. The van der Waals surface area contributed by atoms with E-state index in [4.69, 9.17) is 4.42 Å². The fourth-order valence-corrected chi connectivity index (χ4v) is 2.05. The van der Waals surface area contributed by atoms with Gasteiger partial charge in [0.05, 0.1) is 0 Å². The molecule has 0 unspecified atom stereocenters. The summed E-state index contributed by atoms with van der Waals surface area (Å²) in [5, 5.41) is 2.58. The maximum Gasteiger partial charge on any atom is 0.135 e. The van der Waals surface area contributed by atoms with Crippen LogP contribution in [0.15, 0.2) is 28.7 Å². The van der Waals surface area contributed by atoms with Crippen molar-refractivity contribution in [3.63, 3.8) is 0 Å². The SMILES string of the molecule is Cc1ccc(C)c2c3ccc(o3)c12. The van der Waals surface area contributed by atoms with E-state index >= 15 is 0 Å². The minimum Gasteiger partial charge on any atom is -0.456 e. The molecule has 2 bridgehead atoms. The summed E-state index contributed by atoms with van der Waals surface area (Å²) in [6.07, 6.45) is 0. The smallest absolute Gasteiger partial charge is 0.135 e. The largest absolute Gasteiger partial charge is 0.456 e. The number of rotatable bonds is 0. The van der Waals surface area contributed by atoms with Gasteiger partial charge in [-0.25, -0.2) is 0 Å². The zero-order valence-corrected chi connectivity index (χ0v) is 7.72. The van der Waals surface area contributed by atoms with E-state index < -0.39 is 0 Å². The Hall–Kier alpha value is -1.50. The van der Waals surface area contributed by atoms with Crippen LogP contribution in [0.5, 0.6) is 0 Å². The van der Waals surface area contributed by atoms with Crippen LogP contribution in [0.25, 0.3) is 21.9 Å². The molecule has 0 spiro atoms. The summed E-state index contributed by atoms with van der Waals surface area (Å²) in [6, 6.07) is 8.40. The molecule has 0 fully saturated rings. The molecular formula is C12H10O. The monoisotopic (exact) mass is 170 g/mol. The Morgan fingerprint density at radius 2 is 1.23 bits per heavy atom. The molecule has 0 saturated heterocycles. The van der Waals surface area contributed by atoms with Crippen molar-refractivity contribution >= 4 is 21.9 Å². The molecule has 0 saturated carbocycles. The Kier molecular flexibility index (Phi) is 1.10. The van der Waals surface area contributed by atoms with E-state index in [0.717, 1.165) is 11.2 Å². The predicted molar refractivity (Wildman–Crippen MR) is 54.4 cm³/mol. The Morgan fingerprint density at radius 3 is 1.69 bits per heavy atom. The van der Waals surface area contributed by atoms with Crippen LogP contribution in [0.4, 0.5) is 0 Å². The van der Waals surface area contributed by atoms with Gasteiger partial charge in [0.1, 0.15) is 11.2 Å². The molecule has 64 valence electrons. The summed E-state index contributed by atoms with van der Waals surface area (Å²) in [7, 11) is 0. The molecule has 0 amide bonds. The van der Waals surface area contributed by atoms with Crippen LogP contribution >= 0.6 is 0 Å². The molecule has 13 heavy (non-hydrogen) atoms. The molecule has 0 aliphatic rings. The van der Waals surface area contributed by atoms with Crippen molar-refractivity contribution in [3.8, 4) is 0 Å². The molecule has 1 aromatic carbocycles. The fourth-order valence-electron chi connectivity index (χ4n) is 2.05. The molecule has 0 N–H and O–H groups in total. The third-order valence-corrected chi connectivity index (χ3v) is 2.72. The van der Waals surface area contributed by atoms with Gasteiger partial charge in [-0.1, -0.05) is 12.1 Å². The van der Waals surface area contributed by atoms with Crippen molar-refractivity contribution in [1.82, 2.24) is 0 Å². The van der Waals surface area contributed by atoms with Gasteiger partial charge in [-0.3, -0.25) is 0 Å². The summed E-state index contributed by atoms with van der Waals surface area (Å²) >= 11 is 0. The van der Waals surface area contributed by atoms with Gasteiger partial charge < -0.3 is 4.42 Å². The van der Waals surface area contributed by atoms with Gasteiger partial charge in [-0.2, -0.15) is 0 Å².